The van der Waals surface area contributed by atoms with Crippen LogP contribution in [0.15, 0.2) is 24.3 Å². The number of thioether (sulfide) groups is 1. The Balaban J connectivity index is 1.74. The third-order valence-corrected chi connectivity index (χ3v) is 9.15. The van der Waals surface area contributed by atoms with Gasteiger partial charge in [-0.05, 0) is 25.7 Å². The molecule has 0 aliphatic carbocycles. The van der Waals surface area contributed by atoms with Crippen LogP contribution in [0.4, 0.5) is 0 Å². The molecule has 4 aliphatic heterocycles. The van der Waals surface area contributed by atoms with Gasteiger partial charge in [-0.1, -0.05) is 44.6 Å². The third-order valence-electron chi connectivity index (χ3n) is 7.41. The van der Waals surface area contributed by atoms with E-state index in [1.807, 2.05) is 15.9 Å². The number of fused-ring (bicyclic) bond motifs is 2. The van der Waals surface area contributed by atoms with Crippen LogP contribution in [0.1, 0.15) is 46.0 Å². The van der Waals surface area contributed by atoms with Crippen LogP contribution < -0.4 is 0 Å². The van der Waals surface area contributed by atoms with Gasteiger partial charge in [-0.15, -0.1) is 11.8 Å². The first kappa shape index (κ1) is 24.3. The van der Waals surface area contributed by atoms with Gasteiger partial charge in [-0.2, -0.15) is 0 Å². The number of nitrogens with zero attached hydrogens (tertiary/aromatic N) is 3. The van der Waals surface area contributed by atoms with Gasteiger partial charge in [0.15, 0.2) is 0 Å². The fraction of sp³-hybridized carbons (Fsp3) is 0.720. The lowest BCUT2D eigenvalue weighted by atomic mass is 9.78. The molecule has 1 N–H and O–H groups in total. The molecule has 0 aromatic carbocycles. The lowest BCUT2D eigenvalue weighted by molar-refractivity contribution is -0.144. The summed E-state index contributed by atoms with van der Waals surface area (Å²) in [5.41, 5.74) is 0. The van der Waals surface area contributed by atoms with Gasteiger partial charge in [0, 0.05) is 44.6 Å². The van der Waals surface area contributed by atoms with Crippen LogP contribution in [-0.4, -0.2) is 92.9 Å². The Kier molecular flexibility index (Phi) is 7.53. The quantitative estimate of drug-likeness (QED) is 0.408. The SMILES string of the molecule is CCCCN1CC=C[C@]23S[C@@H]4C=CCN(CCC)C(=O)[C@@H]4[C@H]2C(=O)N(CCCCO)C3C1=O. The van der Waals surface area contributed by atoms with Crippen molar-refractivity contribution in [1.29, 1.82) is 0 Å². The van der Waals surface area contributed by atoms with Crippen LogP contribution >= 0.6 is 11.8 Å². The molecule has 0 bridgehead atoms. The van der Waals surface area contributed by atoms with E-state index in [1.54, 1.807) is 16.7 Å². The minimum atomic E-state index is -0.723. The number of hydrogen-bond donors (Lipinski definition) is 1. The first-order valence-electron chi connectivity index (χ1n) is 12.5. The maximum atomic E-state index is 13.9. The number of carbonyl (C=O) groups excluding carboxylic acids is 3. The second-order valence-corrected chi connectivity index (χ2v) is 11.0. The molecule has 0 aromatic rings. The van der Waals surface area contributed by atoms with Crippen LogP contribution in [0.25, 0.3) is 0 Å². The monoisotopic (exact) mass is 475 g/mol. The second kappa shape index (κ2) is 10.2. The summed E-state index contributed by atoms with van der Waals surface area (Å²) >= 11 is 1.64. The van der Waals surface area contributed by atoms with Crippen molar-refractivity contribution in [3.8, 4) is 0 Å². The molecular formula is C25H37N3O4S. The number of unbranched alkanes of at least 4 members (excludes halogenated alkanes) is 2. The average Bonchev–Trinajstić information content (AvgIpc) is 3.12. The maximum absolute atomic E-state index is 13.9. The molecule has 0 radical (unpaired) electrons. The standard InChI is InChI=1S/C25H37N3O4S/c1-3-5-13-27-15-9-11-25-20(23(31)28(16-6-7-17-29)21(25)24(27)32)19-18(33-25)10-8-14-26(12-4-2)22(19)30/h8-11,18-21,29H,3-7,12-17H2,1-2H3/t18-,19+,20+,21?,25+/m1/s1. The molecule has 0 saturated carbocycles. The third kappa shape index (κ3) is 4.14. The second-order valence-electron chi connectivity index (χ2n) is 9.56. The lowest BCUT2D eigenvalue weighted by Crippen LogP contribution is -2.53. The highest BCUT2D eigenvalue weighted by Crippen LogP contribution is 2.61. The van der Waals surface area contributed by atoms with E-state index in [-0.39, 0.29) is 29.6 Å². The summed E-state index contributed by atoms with van der Waals surface area (Å²) in [6, 6.07) is -0.595. The zero-order chi connectivity index (χ0) is 23.6. The van der Waals surface area contributed by atoms with Gasteiger partial charge in [0.1, 0.15) is 6.04 Å². The molecule has 1 unspecified atom stereocenters. The Hall–Kier alpha value is -1.80. The largest absolute Gasteiger partial charge is 0.396 e. The Morgan fingerprint density at radius 1 is 0.939 bits per heavy atom. The summed E-state index contributed by atoms with van der Waals surface area (Å²) in [6.45, 7) is 7.14. The van der Waals surface area contributed by atoms with Crippen LogP contribution in [0.2, 0.25) is 0 Å². The number of likely N-dealkylation sites (tertiary alicyclic amines) is 1. The molecule has 0 aromatic heterocycles. The minimum Gasteiger partial charge on any atom is -0.396 e. The van der Waals surface area contributed by atoms with Crippen LogP contribution in [-0.2, 0) is 14.4 Å². The Labute approximate surface area is 201 Å². The Morgan fingerprint density at radius 3 is 2.42 bits per heavy atom. The molecule has 8 heteroatoms. The first-order valence-corrected chi connectivity index (χ1v) is 13.4. The highest BCUT2D eigenvalue weighted by Gasteiger charge is 2.70. The number of amides is 3. The highest BCUT2D eigenvalue weighted by atomic mass is 32.2. The van der Waals surface area contributed by atoms with Crippen molar-refractivity contribution in [3.05, 3.63) is 24.3 Å². The van der Waals surface area contributed by atoms with E-state index in [0.717, 1.165) is 19.3 Å². The molecule has 7 nitrogen and oxygen atoms in total. The fourth-order valence-electron chi connectivity index (χ4n) is 5.89. The van der Waals surface area contributed by atoms with Gasteiger partial charge >= 0.3 is 0 Å². The number of aliphatic hydroxyl groups is 1. The molecule has 2 fully saturated rings. The number of aliphatic hydroxyl groups excluding tert-OH is 1. The molecular weight excluding hydrogens is 438 g/mol. The van der Waals surface area contributed by atoms with Gasteiger partial charge in [0.25, 0.3) is 0 Å². The number of hydrogen-bond acceptors (Lipinski definition) is 5. The van der Waals surface area contributed by atoms with Crippen LogP contribution in [0.5, 0.6) is 0 Å². The van der Waals surface area contributed by atoms with E-state index in [2.05, 4.69) is 32.1 Å². The molecule has 4 rings (SSSR count). The molecule has 3 amide bonds. The summed E-state index contributed by atoms with van der Waals surface area (Å²) in [7, 11) is 0. The van der Waals surface area contributed by atoms with Crippen molar-refractivity contribution in [2.75, 3.05) is 39.3 Å². The molecule has 2 saturated heterocycles. The van der Waals surface area contributed by atoms with Crippen molar-refractivity contribution in [2.45, 2.75) is 62.0 Å². The van der Waals surface area contributed by atoms with Gasteiger partial charge in [0.05, 0.1) is 16.6 Å². The van der Waals surface area contributed by atoms with Gasteiger partial charge in [0.2, 0.25) is 17.7 Å². The van der Waals surface area contributed by atoms with E-state index < -0.39 is 22.6 Å². The number of carbonyl (C=O) groups is 3. The maximum Gasteiger partial charge on any atom is 0.247 e. The summed E-state index contributed by atoms with van der Waals surface area (Å²) in [4.78, 5) is 47.0. The highest BCUT2D eigenvalue weighted by molar-refractivity contribution is 8.02. The van der Waals surface area contributed by atoms with Crippen LogP contribution in [0.3, 0.4) is 0 Å². The molecule has 5 atom stereocenters. The first-order chi connectivity index (χ1) is 16.0. The van der Waals surface area contributed by atoms with E-state index in [1.165, 1.54) is 0 Å². The van der Waals surface area contributed by atoms with Crippen molar-refractivity contribution >= 4 is 29.5 Å². The summed E-state index contributed by atoms with van der Waals surface area (Å²) in [6.07, 6.45) is 12.3. The van der Waals surface area contributed by atoms with E-state index >= 15 is 0 Å². The van der Waals surface area contributed by atoms with E-state index in [4.69, 9.17) is 0 Å². The molecule has 1 spiro atoms. The lowest BCUT2D eigenvalue weighted by Gasteiger charge is -2.35. The van der Waals surface area contributed by atoms with Crippen molar-refractivity contribution in [1.82, 2.24) is 14.7 Å². The zero-order valence-corrected chi connectivity index (χ0v) is 20.6. The Morgan fingerprint density at radius 2 is 1.70 bits per heavy atom. The van der Waals surface area contributed by atoms with E-state index in [9.17, 15) is 19.5 Å². The number of rotatable bonds is 9. The van der Waals surface area contributed by atoms with Gasteiger partial charge in [-0.25, -0.2) is 0 Å². The topological polar surface area (TPSA) is 81.2 Å². The van der Waals surface area contributed by atoms with E-state index in [0.29, 0.717) is 45.6 Å². The molecule has 182 valence electrons. The normalized spacial score (nSPS) is 33.3. The Bertz CT molecular complexity index is 830. The summed E-state index contributed by atoms with van der Waals surface area (Å²) in [5.74, 6) is -1.02. The van der Waals surface area contributed by atoms with Crippen molar-refractivity contribution in [3.63, 3.8) is 0 Å². The van der Waals surface area contributed by atoms with Crippen LogP contribution in [0, 0.1) is 11.8 Å². The molecule has 4 aliphatic rings. The predicted molar refractivity (Wildman–Crippen MR) is 130 cm³/mol. The molecule has 33 heavy (non-hydrogen) atoms. The average molecular weight is 476 g/mol. The molecule has 4 heterocycles. The van der Waals surface area contributed by atoms with Crippen molar-refractivity contribution < 1.29 is 19.5 Å². The smallest absolute Gasteiger partial charge is 0.247 e. The van der Waals surface area contributed by atoms with Crippen molar-refractivity contribution in [2.24, 2.45) is 11.8 Å². The zero-order valence-electron chi connectivity index (χ0n) is 19.8. The fourth-order valence-corrected chi connectivity index (χ4v) is 7.90. The van der Waals surface area contributed by atoms with Gasteiger partial charge < -0.3 is 19.8 Å². The predicted octanol–water partition coefficient (Wildman–Crippen LogP) is 2.06. The van der Waals surface area contributed by atoms with Gasteiger partial charge in [-0.3, -0.25) is 14.4 Å². The summed E-state index contributed by atoms with van der Waals surface area (Å²) in [5, 5.41) is 9.18. The minimum absolute atomic E-state index is 0.000833. The summed E-state index contributed by atoms with van der Waals surface area (Å²) < 4.78 is -0.723.